The lowest BCUT2D eigenvalue weighted by molar-refractivity contribution is 0.240. The van der Waals surface area contributed by atoms with Gasteiger partial charge in [-0.2, -0.15) is 0 Å². The van der Waals surface area contributed by atoms with Crippen molar-refractivity contribution in [2.45, 2.75) is 0 Å². The SMILES string of the molecule is CN(C)CCOc1ccc(N=CNO)cn1. The van der Waals surface area contributed by atoms with E-state index in [4.69, 9.17) is 9.94 Å². The van der Waals surface area contributed by atoms with Crippen molar-refractivity contribution in [2.24, 2.45) is 4.99 Å². The van der Waals surface area contributed by atoms with Crippen LogP contribution in [0.2, 0.25) is 0 Å². The van der Waals surface area contributed by atoms with E-state index in [1.807, 2.05) is 24.5 Å². The molecule has 0 amide bonds. The first-order valence-electron chi connectivity index (χ1n) is 4.88. The highest BCUT2D eigenvalue weighted by Gasteiger charge is 1.96. The molecule has 0 aliphatic carbocycles. The third-order valence-corrected chi connectivity index (χ3v) is 1.78. The lowest BCUT2D eigenvalue weighted by Gasteiger charge is -2.10. The van der Waals surface area contributed by atoms with Crippen molar-refractivity contribution in [1.82, 2.24) is 15.4 Å². The monoisotopic (exact) mass is 224 g/mol. The molecule has 0 spiro atoms. The van der Waals surface area contributed by atoms with E-state index in [0.29, 0.717) is 18.2 Å². The maximum Gasteiger partial charge on any atom is 0.213 e. The third-order valence-electron chi connectivity index (χ3n) is 1.78. The second kappa shape index (κ2) is 6.76. The second-order valence-corrected chi connectivity index (χ2v) is 3.39. The Morgan fingerprint density at radius 3 is 2.94 bits per heavy atom. The van der Waals surface area contributed by atoms with Crippen LogP contribution in [0.3, 0.4) is 0 Å². The number of likely N-dealkylation sites (N-methyl/N-ethyl adjacent to an activating group) is 1. The summed E-state index contributed by atoms with van der Waals surface area (Å²) in [6.45, 7) is 1.44. The van der Waals surface area contributed by atoms with Crippen molar-refractivity contribution in [3.8, 4) is 5.88 Å². The highest BCUT2D eigenvalue weighted by Crippen LogP contribution is 2.13. The Balaban J connectivity index is 2.42. The predicted octanol–water partition coefficient (Wildman–Crippen LogP) is 0.661. The zero-order chi connectivity index (χ0) is 11.8. The number of hydrogen-bond donors (Lipinski definition) is 2. The summed E-state index contributed by atoms with van der Waals surface area (Å²) in [6.07, 6.45) is 2.74. The van der Waals surface area contributed by atoms with Crippen LogP contribution in [0, 0.1) is 0 Å². The Bertz CT molecular complexity index is 324. The van der Waals surface area contributed by atoms with Crippen LogP contribution in [-0.2, 0) is 0 Å². The van der Waals surface area contributed by atoms with Crippen molar-refractivity contribution >= 4 is 12.0 Å². The number of hydrogen-bond acceptors (Lipinski definition) is 5. The molecule has 0 saturated heterocycles. The summed E-state index contributed by atoms with van der Waals surface area (Å²) in [6, 6.07) is 3.49. The molecule has 0 atom stereocenters. The van der Waals surface area contributed by atoms with Gasteiger partial charge in [0.25, 0.3) is 0 Å². The van der Waals surface area contributed by atoms with Crippen LogP contribution < -0.4 is 10.2 Å². The smallest absolute Gasteiger partial charge is 0.213 e. The van der Waals surface area contributed by atoms with Gasteiger partial charge in [-0.3, -0.25) is 10.7 Å². The van der Waals surface area contributed by atoms with Crippen molar-refractivity contribution in [3.05, 3.63) is 18.3 Å². The molecular formula is C10H16N4O2. The minimum absolute atomic E-state index is 0.567. The zero-order valence-corrected chi connectivity index (χ0v) is 9.42. The number of ether oxygens (including phenoxy) is 1. The molecule has 1 rings (SSSR count). The van der Waals surface area contributed by atoms with Crippen molar-refractivity contribution in [3.63, 3.8) is 0 Å². The highest BCUT2D eigenvalue weighted by molar-refractivity contribution is 5.59. The summed E-state index contributed by atoms with van der Waals surface area (Å²) in [5.74, 6) is 0.567. The summed E-state index contributed by atoms with van der Waals surface area (Å²) in [7, 11) is 3.97. The molecule has 0 aromatic carbocycles. The molecule has 2 N–H and O–H groups in total. The van der Waals surface area contributed by atoms with Gasteiger partial charge in [0.2, 0.25) is 5.88 Å². The van der Waals surface area contributed by atoms with Crippen LogP contribution in [-0.4, -0.2) is 48.7 Å². The van der Waals surface area contributed by atoms with Gasteiger partial charge in [-0.05, 0) is 20.2 Å². The molecule has 88 valence electrons. The van der Waals surface area contributed by atoms with E-state index in [-0.39, 0.29) is 0 Å². The number of aliphatic imine (C=N–C) groups is 1. The molecule has 0 radical (unpaired) electrons. The van der Waals surface area contributed by atoms with Crippen LogP contribution in [0.5, 0.6) is 5.88 Å². The van der Waals surface area contributed by atoms with Gasteiger partial charge in [0.1, 0.15) is 12.9 Å². The molecule has 0 unspecified atom stereocenters. The lowest BCUT2D eigenvalue weighted by atomic mass is 10.4. The number of rotatable bonds is 6. The van der Waals surface area contributed by atoms with Crippen LogP contribution in [0.4, 0.5) is 5.69 Å². The summed E-state index contributed by atoms with van der Waals surface area (Å²) in [5.41, 5.74) is 2.46. The van der Waals surface area contributed by atoms with Gasteiger partial charge >= 0.3 is 0 Å². The fraction of sp³-hybridized carbons (Fsp3) is 0.400. The third kappa shape index (κ3) is 4.72. The lowest BCUT2D eigenvalue weighted by Crippen LogP contribution is -2.19. The maximum absolute atomic E-state index is 8.30. The fourth-order valence-electron chi connectivity index (χ4n) is 0.970. The van der Waals surface area contributed by atoms with Gasteiger partial charge in [-0.1, -0.05) is 0 Å². The summed E-state index contributed by atoms with van der Waals surface area (Å²) in [4.78, 5) is 9.96. The van der Waals surface area contributed by atoms with Crippen LogP contribution in [0.1, 0.15) is 0 Å². The molecule has 6 heteroatoms. The molecule has 0 aliphatic rings. The first-order chi connectivity index (χ1) is 7.72. The quantitative estimate of drug-likeness (QED) is 0.422. The van der Waals surface area contributed by atoms with Crippen molar-refractivity contribution in [2.75, 3.05) is 27.2 Å². The van der Waals surface area contributed by atoms with Crippen LogP contribution >= 0.6 is 0 Å². The first-order valence-corrected chi connectivity index (χ1v) is 4.88. The Hall–Kier alpha value is -1.66. The minimum Gasteiger partial charge on any atom is -0.476 e. The molecule has 1 heterocycles. The molecule has 0 fully saturated rings. The maximum atomic E-state index is 8.30. The molecule has 6 nitrogen and oxygen atoms in total. The van der Waals surface area contributed by atoms with Gasteiger partial charge in [-0.25, -0.2) is 9.98 Å². The largest absolute Gasteiger partial charge is 0.476 e. The van der Waals surface area contributed by atoms with E-state index in [0.717, 1.165) is 6.54 Å². The van der Waals surface area contributed by atoms with E-state index in [2.05, 4.69) is 9.98 Å². The van der Waals surface area contributed by atoms with Crippen molar-refractivity contribution in [1.29, 1.82) is 0 Å². The molecule has 16 heavy (non-hydrogen) atoms. The van der Waals surface area contributed by atoms with Gasteiger partial charge in [0, 0.05) is 12.6 Å². The second-order valence-electron chi connectivity index (χ2n) is 3.39. The minimum atomic E-state index is 0.567. The van der Waals surface area contributed by atoms with Gasteiger partial charge in [-0.15, -0.1) is 0 Å². The number of nitrogens with one attached hydrogen (secondary N) is 1. The topological polar surface area (TPSA) is 70.0 Å². The average Bonchev–Trinajstić information content (AvgIpc) is 2.27. The van der Waals surface area contributed by atoms with Gasteiger partial charge < -0.3 is 9.64 Å². The fourth-order valence-corrected chi connectivity index (χ4v) is 0.970. The molecule has 1 aromatic heterocycles. The van der Waals surface area contributed by atoms with Gasteiger partial charge in [0.15, 0.2) is 0 Å². The van der Waals surface area contributed by atoms with Gasteiger partial charge in [0.05, 0.1) is 11.9 Å². The summed E-state index contributed by atoms with van der Waals surface area (Å²) >= 11 is 0. The van der Waals surface area contributed by atoms with E-state index >= 15 is 0 Å². The van der Waals surface area contributed by atoms with E-state index < -0.39 is 0 Å². The highest BCUT2D eigenvalue weighted by atomic mass is 16.5. The molecular weight excluding hydrogens is 208 g/mol. The Labute approximate surface area is 94.5 Å². The number of aromatic nitrogens is 1. The van der Waals surface area contributed by atoms with Crippen LogP contribution in [0.25, 0.3) is 0 Å². The first kappa shape index (κ1) is 12.4. The predicted molar refractivity (Wildman–Crippen MR) is 61.4 cm³/mol. The Morgan fingerprint density at radius 1 is 1.56 bits per heavy atom. The molecule has 0 bridgehead atoms. The Morgan fingerprint density at radius 2 is 2.38 bits per heavy atom. The van der Waals surface area contributed by atoms with E-state index in [1.54, 1.807) is 18.3 Å². The molecule has 0 aliphatic heterocycles. The normalized spacial score (nSPS) is 11.0. The number of pyridine rings is 1. The van der Waals surface area contributed by atoms with Crippen molar-refractivity contribution < 1.29 is 9.94 Å². The number of hydroxylamine groups is 1. The molecule has 1 aromatic rings. The zero-order valence-electron chi connectivity index (χ0n) is 9.42. The average molecular weight is 224 g/mol. The summed E-state index contributed by atoms with van der Waals surface area (Å²) in [5, 5.41) is 8.30. The van der Waals surface area contributed by atoms with E-state index in [9.17, 15) is 0 Å². The summed E-state index contributed by atoms with van der Waals surface area (Å²) < 4.78 is 5.41. The van der Waals surface area contributed by atoms with E-state index in [1.165, 1.54) is 6.34 Å². The van der Waals surface area contributed by atoms with Crippen LogP contribution in [0.15, 0.2) is 23.3 Å². The Kier molecular flexibility index (Phi) is 5.24. The standard InChI is InChI=1S/C10H16N4O2/c1-14(2)5-6-16-10-4-3-9(7-11-10)12-8-13-15/h3-4,7-8,15H,5-6H2,1-2H3,(H,12,13). The number of nitrogens with zero attached hydrogens (tertiary/aromatic N) is 3. The molecule has 0 saturated carbocycles.